The van der Waals surface area contributed by atoms with E-state index in [1.165, 1.54) is 19.2 Å². The van der Waals surface area contributed by atoms with Gasteiger partial charge in [-0.2, -0.15) is 0 Å². The molecule has 2 aromatic carbocycles. The summed E-state index contributed by atoms with van der Waals surface area (Å²) in [5, 5.41) is 2.36. The maximum atomic E-state index is 14.8. The molecular formula is C17H13B3F2N4. The first-order chi connectivity index (χ1) is 12.6. The third kappa shape index (κ3) is 2.70. The van der Waals surface area contributed by atoms with Gasteiger partial charge in [0.05, 0.1) is 28.6 Å². The highest BCUT2D eigenvalue weighted by Gasteiger charge is 2.18. The van der Waals surface area contributed by atoms with Crippen LogP contribution in [0.1, 0.15) is 23.6 Å². The number of benzene rings is 2. The van der Waals surface area contributed by atoms with E-state index in [1.807, 2.05) is 6.92 Å². The average molecular weight is 344 g/mol. The molecule has 2 aromatic rings. The van der Waals surface area contributed by atoms with Gasteiger partial charge >= 0.3 is 0 Å². The number of hydrogen-bond acceptors (Lipinski definition) is 4. The zero-order valence-corrected chi connectivity index (χ0v) is 14.3. The zero-order chi connectivity index (χ0) is 18.3. The lowest BCUT2D eigenvalue weighted by Gasteiger charge is -2.09. The van der Waals surface area contributed by atoms with Crippen LogP contribution in [0.25, 0.3) is 0 Å². The van der Waals surface area contributed by atoms with Gasteiger partial charge in [0.1, 0.15) is 25.0 Å². The minimum atomic E-state index is -0.415. The summed E-state index contributed by atoms with van der Waals surface area (Å²) in [5.74, 6) is -0.746. The van der Waals surface area contributed by atoms with E-state index in [0.717, 1.165) is 0 Å². The third-order valence-corrected chi connectivity index (χ3v) is 4.67. The summed E-state index contributed by atoms with van der Waals surface area (Å²) < 4.78 is 29.3. The second kappa shape index (κ2) is 6.78. The molecule has 124 valence electrons. The molecule has 0 unspecified atom stereocenters. The molecule has 2 aliphatic heterocycles. The molecular weight excluding hydrogens is 331 g/mol. The van der Waals surface area contributed by atoms with Crippen LogP contribution in [-0.2, 0) is 12.8 Å². The van der Waals surface area contributed by atoms with E-state index in [9.17, 15) is 8.78 Å². The summed E-state index contributed by atoms with van der Waals surface area (Å²) in [7, 11) is 8.37. The molecule has 4 nitrogen and oxygen atoms in total. The van der Waals surface area contributed by atoms with E-state index in [-0.39, 0.29) is 25.6 Å². The van der Waals surface area contributed by atoms with E-state index in [2.05, 4.69) is 20.0 Å². The first kappa shape index (κ1) is 17.1. The maximum absolute atomic E-state index is 14.8. The van der Waals surface area contributed by atoms with Crippen LogP contribution < -0.4 is 26.9 Å². The highest BCUT2D eigenvalue weighted by molar-refractivity contribution is 7.27. The van der Waals surface area contributed by atoms with Gasteiger partial charge < -0.3 is 0 Å². The molecule has 0 bridgehead atoms. The molecule has 9 heteroatoms. The molecule has 4 radical (unpaired) electrons. The summed E-state index contributed by atoms with van der Waals surface area (Å²) in [4.78, 5) is 17.3. The van der Waals surface area contributed by atoms with E-state index in [1.54, 1.807) is 7.17 Å². The number of rotatable bonds is 5. The number of nitrogens with zero attached hydrogens (tertiary/aromatic N) is 4. The maximum Gasteiger partial charge on any atom is 0.130 e. The van der Waals surface area contributed by atoms with Gasteiger partial charge in [-0.3, -0.25) is 20.0 Å². The molecule has 2 aliphatic rings. The van der Waals surface area contributed by atoms with E-state index < -0.39 is 5.82 Å². The van der Waals surface area contributed by atoms with Crippen molar-refractivity contribution in [3.63, 3.8) is 0 Å². The Labute approximate surface area is 151 Å². The van der Waals surface area contributed by atoms with Gasteiger partial charge in [0.25, 0.3) is 0 Å². The third-order valence-electron chi connectivity index (χ3n) is 4.67. The quantitative estimate of drug-likeness (QED) is 0.598. The summed E-state index contributed by atoms with van der Waals surface area (Å²) in [6.45, 7) is 2.40. The second-order valence-electron chi connectivity index (χ2n) is 6.12. The van der Waals surface area contributed by atoms with Crippen molar-refractivity contribution in [3.05, 3.63) is 61.9 Å². The molecule has 0 spiro atoms. The predicted octanol–water partition coefficient (Wildman–Crippen LogP) is -1.43. The molecule has 2 heterocycles. The lowest BCUT2D eigenvalue weighted by molar-refractivity contribution is 0.601. The fourth-order valence-corrected chi connectivity index (χ4v) is 3.50. The number of hydrogen-bond donors (Lipinski definition) is 0. The Bertz CT molecular complexity index is 1150. The molecule has 0 fully saturated rings. The van der Waals surface area contributed by atoms with Crippen molar-refractivity contribution < 1.29 is 8.78 Å². The van der Waals surface area contributed by atoms with Crippen LogP contribution in [0.2, 0.25) is 0 Å². The van der Waals surface area contributed by atoms with Crippen molar-refractivity contribution >= 4 is 27.4 Å². The van der Waals surface area contributed by atoms with Gasteiger partial charge in [-0.1, -0.05) is 12.4 Å². The van der Waals surface area contributed by atoms with Crippen LogP contribution in [0.15, 0.2) is 32.1 Å². The lowest BCUT2D eigenvalue weighted by Crippen LogP contribution is -2.45. The van der Waals surface area contributed by atoms with Crippen LogP contribution in [0.4, 0.5) is 8.78 Å². The molecule has 4 rings (SSSR count). The van der Waals surface area contributed by atoms with Crippen molar-refractivity contribution in [2.24, 2.45) is 20.0 Å². The molecule has 0 atom stereocenters. The van der Waals surface area contributed by atoms with Crippen molar-refractivity contribution in [2.75, 3.05) is 13.3 Å². The Hall–Kier alpha value is -2.31. The minimum Gasteiger partial charge on any atom is -0.260 e. The van der Waals surface area contributed by atoms with Crippen molar-refractivity contribution in [3.8, 4) is 0 Å². The molecule has 0 aromatic heterocycles. The van der Waals surface area contributed by atoms with Gasteiger partial charge in [0, 0.05) is 32.3 Å². The first-order valence-corrected chi connectivity index (χ1v) is 8.42. The zero-order valence-electron chi connectivity index (χ0n) is 14.3. The van der Waals surface area contributed by atoms with E-state index in [4.69, 9.17) is 7.74 Å². The van der Waals surface area contributed by atoms with Crippen LogP contribution in [0.5, 0.6) is 0 Å². The number of halogens is 2. The standard InChI is InChI=1S/C17H13B3F2N4/c1-2-9-12(21)4-8(14-15(9)24-6-23-14)3-10-13(22)5-11(19-20-18)17-16(10)25-7-26-17/h4-5H,2-3,6-7H2,1H3. The van der Waals surface area contributed by atoms with Crippen molar-refractivity contribution in [1.29, 1.82) is 0 Å². The predicted molar refractivity (Wildman–Crippen MR) is 96.2 cm³/mol. The summed E-state index contributed by atoms with van der Waals surface area (Å²) >= 11 is 0. The van der Waals surface area contributed by atoms with Crippen molar-refractivity contribution in [1.82, 2.24) is 0 Å². The van der Waals surface area contributed by atoms with Crippen LogP contribution in [-0.4, -0.2) is 35.3 Å². The highest BCUT2D eigenvalue weighted by Crippen LogP contribution is 2.10. The Morgan fingerprint density at radius 2 is 1.54 bits per heavy atom. The van der Waals surface area contributed by atoms with Crippen LogP contribution in [0.3, 0.4) is 0 Å². The topological polar surface area (TPSA) is 49.4 Å². The normalized spacial score (nSPS) is 13.8. The Morgan fingerprint density at radius 1 is 0.923 bits per heavy atom. The molecule has 0 amide bonds. The van der Waals surface area contributed by atoms with Crippen LogP contribution >= 0.6 is 0 Å². The van der Waals surface area contributed by atoms with Gasteiger partial charge in [-0.25, -0.2) is 8.78 Å². The largest absolute Gasteiger partial charge is 0.260 e. The fourth-order valence-electron chi connectivity index (χ4n) is 3.50. The molecule has 0 N–H and O–H groups in total. The van der Waals surface area contributed by atoms with Gasteiger partial charge in [0.2, 0.25) is 0 Å². The average Bonchev–Trinajstić information content (AvgIpc) is 3.28. The lowest BCUT2D eigenvalue weighted by atomic mass is 9.26. The molecule has 0 aliphatic carbocycles. The highest BCUT2D eigenvalue weighted by atomic mass is 19.1. The SMILES string of the molecule is [B][B][B]c1cc(F)c(Cc2cc(F)c(CC)c3c2=NCN=3)c2c1=NCN=2. The summed E-state index contributed by atoms with van der Waals surface area (Å²) in [5.41, 5.74) is 2.14. The smallest absolute Gasteiger partial charge is 0.130 e. The van der Waals surface area contributed by atoms with Crippen LogP contribution in [0, 0.1) is 11.6 Å². The first-order valence-electron chi connectivity index (χ1n) is 8.42. The Balaban J connectivity index is 1.89. The van der Waals surface area contributed by atoms with Gasteiger partial charge in [0.15, 0.2) is 0 Å². The molecule has 0 saturated carbocycles. The fraction of sp³-hybridized carbons (Fsp3) is 0.294. The summed E-state index contributed by atoms with van der Waals surface area (Å²) in [6, 6.07) is 2.83. The van der Waals surface area contributed by atoms with Gasteiger partial charge in [-0.15, -0.1) is 0 Å². The van der Waals surface area contributed by atoms with Gasteiger partial charge in [-0.05, 0) is 24.1 Å². The van der Waals surface area contributed by atoms with E-state index >= 15 is 0 Å². The summed E-state index contributed by atoms with van der Waals surface area (Å²) in [6.07, 6.45) is 0.716. The minimum absolute atomic E-state index is 0.183. The molecule has 26 heavy (non-hydrogen) atoms. The molecule has 0 saturated heterocycles. The Kier molecular flexibility index (Phi) is 4.47. The van der Waals surface area contributed by atoms with E-state index in [0.29, 0.717) is 50.0 Å². The monoisotopic (exact) mass is 344 g/mol. The van der Waals surface area contributed by atoms with Crippen molar-refractivity contribution in [2.45, 2.75) is 19.8 Å². The Morgan fingerprint density at radius 3 is 2.23 bits per heavy atom. The second-order valence-corrected chi connectivity index (χ2v) is 6.12. The number of fused-ring (bicyclic) bond motifs is 2.